The summed E-state index contributed by atoms with van der Waals surface area (Å²) in [5.74, 6) is 0.456. The van der Waals surface area contributed by atoms with Gasteiger partial charge in [-0.2, -0.15) is 0 Å². The fourth-order valence-electron chi connectivity index (χ4n) is 2.95. The van der Waals surface area contributed by atoms with Crippen LogP contribution >= 0.6 is 0 Å². The quantitative estimate of drug-likeness (QED) is 0.710. The molecule has 0 aromatic rings. The van der Waals surface area contributed by atoms with E-state index in [1.807, 2.05) is 0 Å². The standard InChI is InChI=1S/C12H21NO2/c1-15-9-10-5-2-3-8-13(10)11-6-4-7-12(11)14/h10-11H,2-9H2,1H3. The summed E-state index contributed by atoms with van der Waals surface area (Å²) in [6.07, 6.45) is 6.66. The number of methoxy groups -OCH3 is 1. The smallest absolute Gasteiger partial charge is 0.149 e. The predicted octanol–water partition coefficient (Wildman–Crippen LogP) is 1.61. The molecule has 2 rings (SSSR count). The number of hydrogen-bond acceptors (Lipinski definition) is 3. The Bertz CT molecular complexity index is 228. The Morgan fingerprint density at radius 1 is 1.33 bits per heavy atom. The van der Waals surface area contributed by atoms with Crippen molar-refractivity contribution in [1.29, 1.82) is 0 Å². The maximum atomic E-state index is 11.7. The number of ketones is 1. The van der Waals surface area contributed by atoms with Crippen LogP contribution in [0, 0.1) is 0 Å². The average molecular weight is 211 g/mol. The van der Waals surface area contributed by atoms with E-state index in [1.165, 1.54) is 19.3 Å². The van der Waals surface area contributed by atoms with Crippen LogP contribution in [-0.4, -0.2) is 43.0 Å². The van der Waals surface area contributed by atoms with Crippen molar-refractivity contribution in [1.82, 2.24) is 4.90 Å². The first-order valence-electron chi connectivity index (χ1n) is 6.10. The largest absolute Gasteiger partial charge is 0.383 e. The minimum absolute atomic E-state index is 0.213. The molecule has 1 saturated carbocycles. The molecule has 1 saturated heterocycles. The van der Waals surface area contributed by atoms with Crippen LogP contribution < -0.4 is 0 Å². The first-order chi connectivity index (χ1) is 7.33. The van der Waals surface area contributed by atoms with E-state index in [1.54, 1.807) is 7.11 Å². The number of rotatable bonds is 3. The lowest BCUT2D eigenvalue weighted by Crippen LogP contribution is -2.49. The van der Waals surface area contributed by atoms with Gasteiger partial charge in [-0.3, -0.25) is 9.69 Å². The highest BCUT2D eigenvalue weighted by Gasteiger charge is 2.35. The summed E-state index contributed by atoms with van der Waals surface area (Å²) in [7, 11) is 1.75. The molecule has 0 spiro atoms. The van der Waals surface area contributed by atoms with Crippen molar-refractivity contribution in [2.45, 2.75) is 50.6 Å². The molecule has 0 aromatic heterocycles. The molecule has 86 valence electrons. The van der Waals surface area contributed by atoms with Crippen molar-refractivity contribution in [3.05, 3.63) is 0 Å². The highest BCUT2D eigenvalue weighted by Crippen LogP contribution is 2.27. The van der Waals surface area contributed by atoms with Gasteiger partial charge in [-0.25, -0.2) is 0 Å². The Kier molecular flexibility index (Phi) is 3.76. The molecule has 0 aromatic carbocycles. The lowest BCUT2D eigenvalue weighted by molar-refractivity contribution is -0.123. The van der Waals surface area contributed by atoms with Crippen LogP contribution in [0.5, 0.6) is 0 Å². The second-order valence-corrected chi connectivity index (χ2v) is 4.72. The summed E-state index contributed by atoms with van der Waals surface area (Å²) in [5.41, 5.74) is 0. The number of ether oxygens (including phenoxy) is 1. The summed E-state index contributed by atoms with van der Waals surface area (Å²) in [6.45, 7) is 1.87. The van der Waals surface area contributed by atoms with Crippen molar-refractivity contribution >= 4 is 5.78 Å². The van der Waals surface area contributed by atoms with Crippen molar-refractivity contribution in [2.75, 3.05) is 20.3 Å². The van der Waals surface area contributed by atoms with Crippen LogP contribution in [0.1, 0.15) is 38.5 Å². The van der Waals surface area contributed by atoms with E-state index in [2.05, 4.69) is 4.90 Å². The fourth-order valence-corrected chi connectivity index (χ4v) is 2.95. The zero-order valence-electron chi connectivity index (χ0n) is 9.58. The van der Waals surface area contributed by atoms with E-state index in [0.717, 1.165) is 32.4 Å². The Labute approximate surface area is 91.8 Å². The lowest BCUT2D eigenvalue weighted by atomic mass is 9.99. The minimum atomic E-state index is 0.213. The molecule has 3 heteroatoms. The molecule has 1 aliphatic heterocycles. The first-order valence-corrected chi connectivity index (χ1v) is 6.10. The van der Waals surface area contributed by atoms with Crippen molar-refractivity contribution in [3.8, 4) is 0 Å². The van der Waals surface area contributed by atoms with Gasteiger partial charge in [-0.1, -0.05) is 6.42 Å². The Morgan fingerprint density at radius 3 is 2.87 bits per heavy atom. The number of Topliss-reactive ketones (excluding diaryl/α,β-unsaturated/α-hetero) is 1. The highest BCUT2D eigenvalue weighted by atomic mass is 16.5. The van der Waals surface area contributed by atoms with Crippen LogP contribution in [0.2, 0.25) is 0 Å². The van der Waals surface area contributed by atoms with Gasteiger partial charge in [0, 0.05) is 19.6 Å². The molecule has 15 heavy (non-hydrogen) atoms. The van der Waals surface area contributed by atoms with Crippen LogP contribution in [0.3, 0.4) is 0 Å². The van der Waals surface area contributed by atoms with Crippen LogP contribution in [0.15, 0.2) is 0 Å². The number of carbonyl (C=O) groups is 1. The van der Waals surface area contributed by atoms with Gasteiger partial charge in [0.2, 0.25) is 0 Å². The Hall–Kier alpha value is -0.410. The molecule has 2 fully saturated rings. The predicted molar refractivity (Wildman–Crippen MR) is 58.9 cm³/mol. The first kappa shape index (κ1) is 11.1. The molecule has 1 heterocycles. The molecule has 3 nitrogen and oxygen atoms in total. The normalized spacial score (nSPS) is 33.5. The topological polar surface area (TPSA) is 29.5 Å². The van der Waals surface area contributed by atoms with Gasteiger partial charge in [0.25, 0.3) is 0 Å². The lowest BCUT2D eigenvalue weighted by Gasteiger charge is -2.38. The molecule has 0 amide bonds. The molecule has 0 radical (unpaired) electrons. The second-order valence-electron chi connectivity index (χ2n) is 4.72. The number of likely N-dealkylation sites (tertiary alicyclic amines) is 1. The molecule has 2 aliphatic rings. The zero-order valence-corrected chi connectivity index (χ0v) is 9.58. The van der Waals surface area contributed by atoms with E-state index >= 15 is 0 Å². The number of nitrogens with zero attached hydrogens (tertiary/aromatic N) is 1. The van der Waals surface area contributed by atoms with Crippen molar-refractivity contribution < 1.29 is 9.53 Å². The Balaban J connectivity index is 2.00. The van der Waals surface area contributed by atoms with Crippen LogP contribution in [0.4, 0.5) is 0 Å². The molecular weight excluding hydrogens is 190 g/mol. The third-order valence-corrected chi connectivity index (χ3v) is 3.70. The second kappa shape index (κ2) is 5.08. The highest BCUT2D eigenvalue weighted by molar-refractivity contribution is 5.85. The van der Waals surface area contributed by atoms with E-state index in [0.29, 0.717) is 11.8 Å². The van der Waals surface area contributed by atoms with Gasteiger partial charge in [0.05, 0.1) is 12.6 Å². The number of piperidine rings is 1. The molecular formula is C12H21NO2. The van der Waals surface area contributed by atoms with E-state index in [9.17, 15) is 4.79 Å². The molecule has 0 bridgehead atoms. The summed E-state index contributed by atoms with van der Waals surface area (Å²) in [4.78, 5) is 14.1. The summed E-state index contributed by atoms with van der Waals surface area (Å²) in [6, 6.07) is 0.696. The molecule has 0 N–H and O–H groups in total. The third-order valence-electron chi connectivity index (χ3n) is 3.70. The van der Waals surface area contributed by atoms with Crippen molar-refractivity contribution in [2.24, 2.45) is 0 Å². The maximum absolute atomic E-state index is 11.7. The number of hydrogen-bond donors (Lipinski definition) is 0. The maximum Gasteiger partial charge on any atom is 0.149 e. The van der Waals surface area contributed by atoms with Gasteiger partial charge in [0.15, 0.2) is 0 Å². The average Bonchev–Trinajstić information content (AvgIpc) is 2.66. The SMILES string of the molecule is COCC1CCCCN1C1CCCC1=O. The van der Waals surface area contributed by atoms with E-state index in [4.69, 9.17) is 4.74 Å². The molecule has 2 atom stereocenters. The van der Waals surface area contributed by atoms with Crippen molar-refractivity contribution in [3.63, 3.8) is 0 Å². The minimum Gasteiger partial charge on any atom is -0.383 e. The van der Waals surface area contributed by atoms with Crippen LogP contribution in [-0.2, 0) is 9.53 Å². The van der Waals surface area contributed by atoms with Gasteiger partial charge < -0.3 is 4.74 Å². The Morgan fingerprint density at radius 2 is 2.20 bits per heavy atom. The van der Waals surface area contributed by atoms with Gasteiger partial charge in [-0.05, 0) is 32.2 Å². The van der Waals surface area contributed by atoms with E-state index < -0.39 is 0 Å². The van der Waals surface area contributed by atoms with Gasteiger partial charge >= 0.3 is 0 Å². The zero-order chi connectivity index (χ0) is 10.7. The monoisotopic (exact) mass is 211 g/mol. The fraction of sp³-hybridized carbons (Fsp3) is 0.917. The third kappa shape index (κ3) is 2.40. The van der Waals surface area contributed by atoms with E-state index in [-0.39, 0.29) is 6.04 Å². The summed E-state index contributed by atoms with van der Waals surface area (Å²) in [5, 5.41) is 0. The van der Waals surface area contributed by atoms with Crippen LogP contribution in [0.25, 0.3) is 0 Å². The summed E-state index contributed by atoms with van der Waals surface area (Å²) >= 11 is 0. The molecule has 1 aliphatic carbocycles. The molecule has 2 unspecified atom stereocenters. The number of carbonyl (C=O) groups excluding carboxylic acids is 1. The van der Waals surface area contributed by atoms with Gasteiger partial charge in [0.1, 0.15) is 5.78 Å². The van der Waals surface area contributed by atoms with Gasteiger partial charge in [-0.15, -0.1) is 0 Å². The summed E-state index contributed by atoms with van der Waals surface area (Å²) < 4.78 is 5.25.